The van der Waals surface area contributed by atoms with Crippen LogP contribution in [0.1, 0.15) is 36.0 Å². The minimum atomic E-state index is 0.892. The van der Waals surface area contributed by atoms with E-state index in [4.69, 9.17) is 4.42 Å². The number of hydrogen-bond donors (Lipinski definition) is 0. The first kappa shape index (κ1) is 35.4. The van der Waals surface area contributed by atoms with Gasteiger partial charge in [0.15, 0.2) is 0 Å². The van der Waals surface area contributed by atoms with Crippen molar-refractivity contribution in [3.63, 3.8) is 0 Å². The third kappa shape index (κ3) is 5.50. The van der Waals surface area contributed by atoms with Crippen molar-refractivity contribution in [2.24, 2.45) is 0 Å². The second-order valence-corrected chi connectivity index (χ2v) is 17.7. The van der Waals surface area contributed by atoms with Crippen molar-refractivity contribution in [1.82, 2.24) is 4.57 Å². The molecule has 3 heterocycles. The maximum absolute atomic E-state index is 6.31. The molecule has 4 heteroatoms. The van der Waals surface area contributed by atoms with E-state index in [-0.39, 0.29) is 0 Å². The van der Waals surface area contributed by atoms with Gasteiger partial charge in [-0.3, -0.25) is 0 Å². The molecular weight excluding hydrogens is 773 g/mol. The third-order valence-corrected chi connectivity index (χ3v) is 14.3. The Morgan fingerprint density at radius 1 is 0.532 bits per heavy atom. The molecule has 11 aromatic rings. The van der Waals surface area contributed by atoms with E-state index in [9.17, 15) is 0 Å². The van der Waals surface area contributed by atoms with Gasteiger partial charge in [0.2, 0.25) is 0 Å². The van der Waals surface area contributed by atoms with Crippen molar-refractivity contribution in [3.8, 4) is 16.8 Å². The number of furan rings is 1. The highest BCUT2D eigenvalue weighted by Crippen LogP contribution is 2.47. The van der Waals surface area contributed by atoms with Crippen molar-refractivity contribution in [2.75, 3.05) is 4.90 Å². The highest BCUT2D eigenvalue weighted by Gasteiger charge is 2.22. The predicted molar refractivity (Wildman–Crippen MR) is 265 cm³/mol. The fourth-order valence-corrected chi connectivity index (χ4v) is 11.4. The van der Waals surface area contributed by atoms with Crippen LogP contribution in [-0.4, -0.2) is 4.57 Å². The molecule has 8 aromatic carbocycles. The molecule has 0 atom stereocenters. The van der Waals surface area contributed by atoms with Crippen LogP contribution in [0.4, 0.5) is 17.1 Å². The van der Waals surface area contributed by atoms with Crippen molar-refractivity contribution in [2.45, 2.75) is 25.7 Å². The lowest BCUT2D eigenvalue weighted by molar-refractivity contribution is 0.669. The lowest BCUT2D eigenvalue weighted by atomic mass is 9.91. The molecule has 62 heavy (non-hydrogen) atoms. The summed E-state index contributed by atoms with van der Waals surface area (Å²) >= 11 is 1.86. The Morgan fingerprint density at radius 3 is 2.23 bits per heavy atom. The number of para-hydroxylation sites is 2. The molecule has 3 aromatic heterocycles. The Morgan fingerprint density at radius 2 is 1.32 bits per heavy atom. The van der Waals surface area contributed by atoms with Gasteiger partial charge in [-0.2, -0.15) is 0 Å². The Labute approximate surface area is 363 Å². The smallest absolute Gasteiger partial charge is 0.135 e. The SMILES string of the molecule is C1=CC(c2ccc(-n3c4ccccc4c4c5c(ccc43)CCC=C5)cc2-c2ccc(N(c3ccc4oc5ccccc5c4c3)c3cccc4c3sc3ccccc34)cc2)=CCC1. The van der Waals surface area contributed by atoms with E-state index in [0.29, 0.717) is 0 Å². The molecule has 0 N–H and O–H groups in total. The van der Waals surface area contributed by atoms with Gasteiger partial charge in [-0.15, -0.1) is 11.3 Å². The minimum absolute atomic E-state index is 0.892. The number of anilines is 3. The summed E-state index contributed by atoms with van der Waals surface area (Å²) < 4.78 is 11.3. The molecule has 294 valence electrons. The van der Waals surface area contributed by atoms with Gasteiger partial charge in [0.05, 0.1) is 21.4 Å². The topological polar surface area (TPSA) is 21.3 Å². The number of allylic oxidation sites excluding steroid dienone is 5. The van der Waals surface area contributed by atoms with Crippen LogP contribution in [0.2, 0.25) is 0 Å². The van der Waals surface area contributed by atoms with E-state index < -0.39 is 0 Å². The summed E-state index contributed by atoms with van der Waals surface area (Å²) in [6.07, 6.45) is 16.0. The van der Waals surface area contributed by atoms with Crippen LogP contribution in [0, 0.1) is 0 Å². The Kier molecular flexibility index (Phi) is 8.04. The predicted octanol–water partition coefficient (Wildman–Crippen LogP) is 16.9. The lowest BCUT2D eigenvalue weighted by Crippen LogP contribution is -2.10. The van der Waals surface area contributed by atoms with Crippen LogP contribution < -0.4 is 4.90 Å². The minimum Gasteiger partial charge on any atom is -0.456 e. The van der Waals surface area contributed by atoms with E-state index >= 15 is 0 Å². The van der Waals surface area contributed by atoms with Crippen LogP contribution in [0.15, 0.2) is 193 Å². The highest BCUT2D eigenvalue weighted by atomic mass is 32.1. The summed E-state index contributed by atoms with van der Waals surface area (Å²) in [6.45, 7) is 0. The van der Waals surface area contributed by atoms with Crippen LogP contribution in [0.5, 0.6) is 0 Å². The first-order valence-corrected chi connectivity index (χ1v) is 22.5. The summed E-state index contributed by atoms with van der Waals surface area (Å²) in [5, 5.41) is 7.44. The van der Waals surface area contributed by atoms with Crippen LogP contribution in [0.25, 0.3) is 92.4 Å². The van der Waals surface area contributed by atoms with Crippen molar-refractivity contribution >= 4 is 104 Å². The highest BCUT2D eigenvalue weighted by molar-refractivity contribution is 7.26. The van der Waals surface area contributed by atoms with E-state index in [1.807, 2.05) is 17.4 Å². The normalized spacial score (nSPS) is 13.8. The van der Waals surface area contributed by atoms with Gasteiger partial charge in [-0.05, 0) is 132 Å². The van der Waals surface area contributed by atoms with E-state index in [0.717, 1.165) is 70.4 Å². The van der Waals surface area contributed by atoms with Crippen LogP contribution in [0.3, 0.4) is 0 Å². The fraction of sp³-hybridized carbons (Fsp3) is 0.0690. The largest absolute Gasteiger partial charge is 0.456 e. The van der Waals surface area contributed by atoms with Crippen molar-refractivity contribution in [3.05, 3.63) is 205 Å². The first-order valence-electron chi connectivity index (χ1n) is 21.7. The lowest BCUT2D eigenvalue weighted by Gasteiger charge is -2.26. The molecule has 0 radical (unpaired) electrons. The average molecular weight is 813 g/mol. The summed E-state index contributed by atoms with van der Waals surface area (Å²) in [5.74, 6) is 0. The second kappa shape index (κ2) is 14.1. The molecule has 0 saturated carbocycles. The number of aryl methyl sites for hydroxylation is 1. The maximum atomic E-state index is 6.31. The number of hydrogen-bond acceptors (Lipinski definition) is 3. The summed E-state index contributed by atoms with van der Waals surface area (Å²) in [4.78, 5) is 2.43. The molecular formula is C58H40N2OS. The molecule has 0 fully saturated rings. The molecule has 2 aliphatic carbocycles. The quantitative estimate of drug-likeness (QED) is 0.167. The molecule has 0 saturated heterocycles. The first-order chi connectivity index (χ1) is 30.7. The van der Waals surface area contributed by atoms with Gasteiger partial charge in [-0.25, -0.2) is 0 Å². The van der Waals surface area contributed by atoms with E-state index in [1.165, 1.54) is 75.4 Å². The Balaban J connectivity index is 1.00. The molecule has 3 nitrogen and oxygen atoms in total. The summed E-state index contributed by atoms with van der Waals surface area (Å²) in [7, 11) is 0. The molecule has 2 aliphatic rings. The van der Waals surface area contributed by atoms with Gasteiger partial charge in [0.25, 0.3) is 0 Å². The van der Waals surface area contributed by atoms with Crippen molar-refractivity contribution in [1.29, 1.82) is 0 Å². The molecule has 13 rings (SSSR count). The summed E-state index contributed by atoms with van der Waals surface area (Å²) in [5.41, 5.74) is 16.5. The number of benzene rings is 8. The number of nitrogens with zero attached hydrogens (tertiary/aromatic N) is 2. The van der Waals surface area contributed by atoms with E-state index in [1.54, 1.807) is 0 Å². The third-order valence-electron chi connectivity index (χ3n) is 13.1. The number of rotatable bonds is 6. The van der Waals surface area contributed by atoms with Gasteiger partial charge in [-0.1, -0.05) is 121 Å². The number of aromatic nitrogens is 1. The monoisotopic (exact) mass is 812 g/mol. The van der Waals surface area contributed by atoms with Gasteiger partial charge in [0, 0.05) is 54.1 Å². The van der Waals surface area contributed by atoms with Crippen LogP contribution >= 0.6 is 11.3 Å². The molecule has 0 spiro atoms. The molecule has 0 bridgehead atoms. The van der Waals surface area contributed by atoms with Gasteiger partial charge < -0.3 is 13.9 Å². The zero-order chi connectivity index (χ0) is 40.7. The molecule has 0 amide bonds. The fourth-order valence-electron chi connectivity index (χ4n) is 10.2. The van der Waals surface area contributed by atoms with Gasteiger partial charge in [0.1, 0.15) is 11.2 Å². The van der Waals surface area contributed by atoms with Crippen molar-refractivity contribution < 1.29 is 4.42 Å². The average Bonchev–Trinajstić information content (AvgIpc) is 4.02. The zero-order valence-electron chi connectivity index (χ0n) is 34.0. The van der Waals surface area contributed by atoms with Gasteiger partial charge >= 0.3 is 0 Å². The summed E-state index contributed by atoms with van der Waals surface area (Å²) in [6, 6.07) is 60.4. The molecule has 0 aliphatic heterocycles. The standard InChI is InChI=1S/C58H40N2OS/c1-2-13-37(14-3-1)43-32-30-42(60-51-21-9-6-19-48(51)57-44-16-5-4-15-38(44)27-33-52(57)60)35-49(43)39-25-28-40(29-26-39)59(41-31-34-55-50(36-41)45-17-7-10-23-54(45)61-55)53-22-12-20-47-46-18-8-11-24-56(46)62-58(47)53/h2,5-14,16-36H,1,3-4,15H2. The zero-order valence-corrected chi connectivity index (χ0v) is 34.8. The van der Waals surface area contributed by atoms with Crippen LogP contribution in [-0.2, 0) is 6.42 Å². The Bertz CT molecular complexity index is 3700. The number of fused-ring (bicyclic) bond motifs is 11. The second-order valence-electron chi connectivity index (χ2n) is 16.6. The molecule has 0 unspecified atom stereocenters. The van der Waals surface area contributed by atoms with E-state index in [2.05, 4.69) is 198 Å². The maximum Gasteiger partial charge on any atom is 0.135 e. The Hall–Kier alpha value is -7.40. The number of thiophene rings is 1.